The number of nitrogens with zero attached hydrogens (tertiary/aromatic N) is 1. The molecule has 0 atom stereocenters. The normalized spacial score (nSPS) is 11.8. The first-order valence-electron chi connectivity index (χ1n) is 6.07. The van der Waals surface area contributed by atoms with Gasteiger partial charge >= 0.3 is 0 Å². The number of nitrogens with two attached hydrogens (primary N) is 1. The maximum atomic E-state index is 12.6. The van der Waals surface area contributed by atoms with E-state index in [9.17, 15) is 8.42 Å². The van der Waals surface area contributed by atoms with Crippen molar-refractivity contribution in [3.8, 4) is 0 Å². The number of halogens is 2. The van der Waals surface area contributed by atoms with E-state index in [2.05, 4.69) is 15.9 Å². The molecular formula is C14H14BrClN2O2S. The van der Waals surface area contributed by atoms with Crippen molar-refractivity contribution in [1.29, 1.82) is 0 Å². The van der Waals surface area contributed by atoms with Crippen LogP contribution in [0.25, 0.3) is 0 Å². The second-order valence-electron chi connectivity index (χ2n) is 4.53. The molecule has 21 heavy (non-hydrogen) atoms. The first-order chi connectivity index (χ1) is 9.82. The van der Waals surface area contributed by atoms with Gasteiger partial charge in [-0.05, 0) is 29.8 Å². The molecule has 0 aliphatic carbocycles. The Labute approximate surface area is 137 Å². The Kier molecular flexibility index (Phi) is 4.93. The fourth-order valence-electron chi connectivity index (χ4n) is 1.87. The summed E-state index contributed by atoms with van der Waals surface area (Å²) in [5, 5.41) is 0.531. The molecule has 0 fully saturated rings. The largest absolute Gasteiger partial charge is 0.398 e. The Balaban J connectivity index is 2.33. The van der Waals surface area contributed by atoms with E-state index in [1.807, 2.05) is 6.07 Å². The zero-order valence-corrected chi connectivity index (χ0v) is 14.4. The molecule has 2 aromatic carbocycles. The third kappa shape index (κ3) is 3.58. The molecule has 0 radical (unpaired) electrons. The van der Waals surface area contributed by atoms with Crippen molar-refractivity contribution < 1.29 is 8.42 Å². The zero-order valence-electron chi connectivity index (χ0n) is 11.3. The minimum absolute atomic E-state index is 0.0836. The lowest BCUT2D eigenvalue weighted by Gasteiger charge is -2.19. The van der Waals surface area contributed by atoms with Gasteiger partial charge in [0.25, 0.3) is 0 Å². The van der Waals surface area contributed by atoms with Gasteiger partial charge in [-0.2, -0.15) is 4.31 Å². The highest BCUT2D eigenvalue weighted by atomic mass is 79.9. The average molecular weight is 390 g/mol. The van der Waals surface area contributed by atoms with Crippen LogP contribution >= 0.6 is 27.5 Å². The Morgan fingerprint density at radius 3 is 2.52 bits per heavy atom. The number of rotatable bonds is 4. The average Bonchev–Trinajstić information content (AvgIpc) is 2.40. The van der Waals surface area contributed by atoms with Crippen LogP contribution in [0.2, 0.25) is 5.02 Å². The van der Waals surface area contributed by atoms with Crippen molar-refractivity contribution in [1.82, 2.24) is 4.31 Å². The molecule has 0 spiro atoms. The van der Waals surface area contributed by atoms with E-state index in [1.54, 1.807) is 30.3 Å². The molecule has 0 heterocycles. The van der Waals surface area contributed by atoms with Crippen LogP contribution in [-0.4, -0.2) is 19.8 Å². The number of anilines is 1. The lowest BCUT2D eigenvalue weighted by atomic mass is 10.2. The Bertz CT molecular complexity index is 765. The van der Waals surface area contributed by atoms with Gasteiger partial charge in [-0.25, -0.2) is 8.42 Å². The summed E-state index contributed by atoms with van der Waals surface area (Å²) >= 11 is 9.32. The second-order valence-corrected chi connectivity index (χ2v) is 7.87. The van der Waals surface area contributed by atoms with Gasteiger partial charge in [0.1, 0.15) is 4.90 Å². The molecular weight excluding hydrogens is 376 g/mol. The van der Waals surface area contributed by atoms with Gasteiger partial charge < -0.3 is 5.73 Å². The monoisotopic (exact) mass is 388 g/mol. The van der Waals surface area contributed by atoms with Crippen molar-refractivity contribution >= 4 is 43.2 Å². The van der Waals surface area contributed by atoms with Crippen LogP contribution < -0.4 is 5.73 Å². The fraction of sp³-hybridized carbons (Fsp3) is 0.143. The molecule has 7 heteroatoms. The summed E-state index contributed by atoms with van der Waals surface area (Å²) in [4.78, 5) is 0.0836. The van der Waals surface area contributed by atoms with Crippen LogP contribution in [-0.2, 0) is 16.6 Å². The molecule has 2 aromatic rings. The minimum atomic E-state index is -3.67. The standard InChI is InChI=1S/C14H14BrClN2O2S/c1-18(9-10-4-2-3-5-12(10)16)21(19,20)14-7-6-11(15)8-13(14)17/h2-8H,9,17H2,1H3. The van der Waals surface area contributed by atoms with Gasteiger partial charge in [0.15, 0.2) is 0 Å². The SMILES string of the molecule is CN(Cc1ccccc1Cl)S(=O)(=O)c1ccc(Br)cc1N. The minimum Gasteiger partial charge on any atom is -0.398 e. The van der Waals surface area contributed by atoms with Crippen molar-refractivity contribution in [2.75, 3.05) is 12.8 Å². The van der Waals surface area contributed by atoms with E-state index >= 15 is 0 Å². The van der Waals surface area contributed by atoms with Crippen LogP contribution in [0.3, 0.4) is 0 Å². The van der Waals surface area contributed by atoms with E-state index in [0.717, 1.165) is 10.0 Å². The highest BCUT2D eigenvalue weighted by molar-refractivity contribution is 9.10. The summed E-state index contributed by atoms with van der Waals surface area (Å²) in [7, 11) is -2.17. The molecule has 0 saturated carbocycles. The molecule has 0 aliphatic rings. The van der Waals surface area contributed by atoms with Gasteiger partial charge in [-0.3, -0.25) is 0 Å². The highest BCUT2D eigenvalue weighted by Crippen LogP contribution is 2.26. The van der Waals surface area contributed by atoms with Crippen molar-refractivity contribution in [3.63, 3.8) is 0 Å². The predicted molar refractivity (Wildman–Crippen MR) is 88.7 cm³/mol. The molecule has 0 aliphatic heterocycles. The summed E-state index contributed by atoms with van der Waals surface area (Å²) in [6.45, 7) is 0.178. The lowest BCUT2D eigenvalue weighted by Crippen LogP contribution is -2.27. The van der Waals surface area contributed by atoms with Crippen molar-refractivity contribution in [2.24, 2.45) is 0 Å². The molecule has 112 valence electrons. The smallest absolute Gasteiger partial charge is 0.245 e. The molecule has 0 unspecified atom stereocenters. The second kappa shape index (κ2) is 6.36. The van der Waals surface area contributed by atoms with Crippen LogP contribution in [0.15, 0.2) is 51.8 Å². The highest BCUT2D eigenvalue weighted by Gasteiger charge is 2.23. The van der Waals surface area contributed by atoms with E-state index < -0.39 is 10.0 Å². The van der Waals surface area contributed by atoms with Crippen molar-refractivity contribution in [3.05, 3.63) is 57.5 Å². The Morgan fingerprint density at radius 1 is 1.24 bits per heavy atom. The summed E-state index contributed by atoms with van der Waals surface area (Å²) in [5.74, 6) is 0. The molecule has 4 nitrogen and oxygen atoms in total. The number of sulfonamides is 1. The Morgan fingerprint density at radius 2 is 1.90 bits per heavy atom. The summed E-state index contributed by atoms with van der Waals surface area (Å²) in [5.41, 5.74) is 6.75. The third-order valence-corrected chi connectivity index (χ3v) is 5.75. The van der Waals surface area contributed by atoms with Crippen LogP contribution in [0.5, 0.6) is 0 Å². The maximum absolute atomic E-state index is 12.6. The van der Waals surface area contributed by atoms with Crippen molar-refractivity contribution in [2.45, 2.75) is 11.4 Å². The molecule has 0 saturated heterocycles. The number of hydrogen-bond donors (Lipinski definition) is 1. The number of hydrogen-bond acceptors (Lipinski definition) is 3. The van der Waals surface area contributed by atoms with Gasteiger partial charge in [0.2, 0.25) is 10.0 Å². The van der Waals surface area contributed by atoms with Gasteiger partial charge in [0, 0.05) is 23.1 Å². The summed E-state index contributed by atoms with van der Waals surface area (Å²) in [6.07, 6.45) is 0. The first-order valence-corrected chi connectivity index (χ1v) is 8.68. The summed E-state index contributed by atoms with van der Waals surface area (Å²) in [6, 6.07) is 11.8. The summed E-state index contributed by atoms with van der Waals surface area (Å²) < 4.78 is 27.1. The fourth-order valence-corrected chi connectivity index (χ4v) is 3.69. The predicted octanol–water partition coefficient (Wildman–Crippen LogP) is 3.51. The number of benzene rings is 2. The Hall–Kier alpha value is -1.08. The maximum Gasteiger partial charge on any atom is 0.245 e. The topological polar surface area (TPSA) is 63.4 Å². The molecule has 0 amide bonds. The first kappa shape index (κ1) is 16.3. The molecule has 0 bridgehead atoms. The van der Waals surface area contributed by atoms with Gasteiger partial charge in [-0.15, -0.1) is 0 Å². The molecule has 0 aromatic heterocycles. The quantitative estimate of drug-likeness (QED) is 0.814. The lowest BCUT2D eigenvalue weighted by molar-refractivity contribution is 0.467. The van der Waals surface area contributed by atoms with Crippen LogP contribution in [0.4, 0.5) is 5.69 Å². The van der Waals surface area contributed by atoms with Crippen LogP contribution in [0.1, 0.15) is 5.56 Å². The van der Waals surface area contributed by atoms with E-state index in [-0.39, 0.29) is 17.1 Å². The number of nitrogen functional groups attached to an aromatic ring is 1. The van der Waals surface area contributed by atoms with Gasteiger partial charge in [-0.1, -0.05) is 45.7 Å². The van der Waals surface area contributed by atoms with Gasteiger partial charge in [0.05, 0.1) is 5.69 Å². The molecule has 2 rings (SSSR count). The van der Waals surface area contributed by atoms with E-state index in [4.69, 9.17) is 17.3 Å². The molecule has 2 N–H and O–H groups in total. The van der Waals surface area contributed by atoms with E-state index in [0.29, 0.717) is 5.02 Å². The zero-order chi connectivity index (χ0) is 15.6. The van der Waals surface area contributed by atoms with E-state index in [1.165, 1.54) is 17.4 Å². The third-order valence-electron chi connectivity index (χ3n) is 3.01. The van der Waals surface area contributed by atoms with Crippen LogP contribution in [0, 0.1) is 0 Å².